The predicted molar refractivity (Wildman–Crippen MR) is 145 cm³/mol. The summed E-state index contributed by atoms with van der Waals surface area (Å²) in [5.74, 6) is -3.11. The number of carbonyl (C=O) groups excluding carboxylic acids is 3. The first kappa shape index (κ1) is 28.5. The number of amides is 4. The van der Waals surface area contributed by atoms with Gasteiger partial charge in [-0.15, -0.1) is 0 Å². The summed E-state index contributed by atoms with van der Waals surface area (Å²) < 4.78 is 13.7. The van der Waals surface area contributed by atoms with E-state index in [2.05, 4.69) is 15.6 Å². The molecule has 3 N–H and O–H groups in total. The first-order valence-corrected chi connectivity index (χ1v) is 12.8. The van der Waals surface area contributed by atoms with Crippen LogP contribution in [0.3, 0.4) is 0 Å². The summed E-state index contributed by atoms with van der Waals surface area (Å²) in [4.78, 5) is 58.8. The van der Waals surface area contributed by atoms with Crippen LogP contribution in [0.25, 0.3) is 0 Å². The number of aliphatic carboxylic acids is 1. The van der Waals surface area contributed by atoms with E-state index < -0.39 is 48.3 Å². The van der Waals surface area contributed by atoms with Gasteiger partial charge in [0.15, 0.2) is 6.17 Å². The summed E-state index contributed by atoms with van der Waals surface area (Å²) in [7, 11) is 0. The summed E-state index contributed by atoms with van der Waals surface area (Å²) in [6.07, 6.45) is -0.149. The molecule has 1 aromatic heterocycles. The molecule has 3 aromatic rings. The van der Waals surface area contributed by atoms with E-state index in [1.807, 2.05) is 13.0 Å². The molecule has 4 rings (SSSR count). The Morgan fingerprint density at radius 1 is 1.07 bits per heavy atom. The van der Waals surface area contributed by atoms with E-state index in [-0.39, 0.29) is 29.5 Å². The molecule has 12 heteroatoms. The van der Waals surface area contributed by atoms with Gasteiger partial charge >= 0.3 is 12.0 Å². The molecule has 2 aromatic carbocycles. The Bertz CT molecular complexity index is 1440. The lowest BCUT2D eigenvalue weighted by Crippen LogP contribution is -2.64. The first-order valence-electron chi connectivity index (χ1n) is 12.5. The number of hydrogen-bond acceptors (Lipinski definition) is 5. The highest BCUT2D eigenvalue weighted by atomic mass is 35.5. The number of carboxylic acids is 1. The van der Waals surface area contributed by atoms with Crippen molar-refractivity contribution in [3.63, 3.8) is 0 Å². The van der Waals surface area contributed by atoms with Crippen molar-refractivity contribution in [3.8, 4) is 0 Å². The average molecular weight is 568 g/mol. The highest BCUT2D eigenvalue weighted by Gasteiger charge is 2.42. The molecule has 1 aliphatic rings. The molecule has 10 nitrogen and oxygen atoms in total. The number of aromatic nitrogens is 1. The number of pyridine rings is 1. The van der Waals surface area contributed by atoms with Gasteiger partial charge in [0.05, 0.1) is 18.0 Å². The lowest BCUT2D eigenvalue weighted by atomic mass is 10.0. The number of halogens is 2. The van der Waals surface area contributed by atoms with Crippen molar-refractivity contribution in [1.82, 2.24) is 20.1 Å². The zero-order valence-corrected chi connectivity index (χ0v) is 22.3. The lowest BCUT2D eigenvalue weighted by molar-refractivity contribution is -0.138. The number of rotatable bonds is 7. The van der Waals surface area contributed by atoms with Crippen LogP contribution in [-0.4, -0.2) is 63.0 Å². The standard InChI is InChI=1S/C28H27ClFN5O5/c1-17-6-2-7-18(14-17)22(16-23(36)37)33-25(38)26-34(27(39)21-10-4-11-31-24(21)29)12-5-13-35(26)28(40)32-20-9-3-8-19(30)15-20/h2-4,6-11,14-15,22,26H,5,12-13,16H2,1H3,(H,32,40)(H,33,38)(H,36,37). The molecule has 2 atom stereocenters. The minimum atomic E-state index is -1.47. The molecule has 0 radical (unpaired) electrons. The smallest absolute Gasteiger partial charge is 0.323 e. The van der Waals surface area contributed by atoms with Crippen LogP contribution in [0.2, 0.25) is 5.15 Å². The third kappa shape index (κ3) is 6.73. The number of hydrogen-bond donors (Lipinski definition) is 3. The van der Waals surface area contributed by atoms with Crippen molar-refractivity contribution in [2.45, 2.75) is 32.0 Å². The minimum absolute atomic E-state index is 0.0372. The summed E-state index contributed by atoms with van der Waals surface area (Å²) in [6.45, 7) is 2.04. The number of anilines is 1. The molecular weight excluding hydrogens is 541 g/mol. The highest BCUT2D eigenvalue weighted by Crippen LogP contribution is 2.25. The van der Waals surface area contributed by atoms with Gasteiger partial charge in [-0.25, -0.2) is 14.2 Å². The second-order valence-electron chi connectivity index (χ2n) is 9.27. The van der Waals surface area contributed by atoms with Crippen LogP contribution >= 0.6 is 11.6 Å². The lowest BCUT2D eigenvalue weighted by Gasteiger charge is -2.43. The van der Waals surface area contributed by atoms with E-state index in [0.717, 1.165) is 16.5 Å². The summed E-state index contributed by atoms with van der Waals surface area (Å²) in [6, 6.07) is 13.6. The number of urea groups is 1. The molecule has 0 saturated carbocycles. The normalized spacial score (nSPS) is 15.7. The fourth-order valence-corrected chi connectivity index (χ4v) is 4.75. The Balaban J connectivity index is 1.69. The molecule has 2 heterocycles. The zero-order valence-electron chi connectivity index (χ0n) is 21.5. The molecule has 40 heavy (non-hydrogen) atoms. The van der Waals surface area contributed by atoms with Gasteiger partial charge in [0.2, 0.25) is 0 Å². The monoisotopic (exact) mass is 567 g/mol. The largest absolute Gasteiger partial charge is 0.481 e. The van der Waals surface area contributed by atoms with Gasteiger partial charge in [-0.05, 0) is 49.2 Å². The summed E-state index contributed by atoms with van der Waals surface area (Å²) in [5, 5.41) is 14.8. The van der Waals surface area contributed by atoms with Gasteiger partial charge < -0.3 is 20.6 Å². The summed E-state index contributed by atoms with van der Waals surface area (Å²) >= 11 is 6.17. The minimum Gasteiger partial charge on any atom is -0.481 e. The number of carboxylic acid groups (broad SMARTS) is 1. The average Bonchev–Trinajstić information content (AvgIpc) is 2.92. The highest BCUT2D eigenvalue weighted by molar-refractivity contribution is 6.32. The second-order valence-corrected chi connectivity index (χ2v) is 9.63. The first-order chi connectivity index (χ1) is 19.1. The van der Waals surface area contributed by atoms with Crippen molar-refractivity contribution in [3.05, 3.63) is 94.5 Å². The number of nitrogens with zero attached hydrogens (tertiary/aromatic N) is 3. The molecule has 0 bridgehead atoms. The maximum Gasteiger partial charge on any atom is 0.323 e. The fraction of sp³-hybridized carbons (Fsp3) is 0.250. The molecule has 1 fully saturated rings. The maximum absolute atomic E-state index is 13.9. The van der Waals surface area contributed by atoms with Crippen LogP contribution in [0.15, 0.2) is 66.9 Å². The van der Waals surface area contributed by atoms with Crippen molar-refractivity contribution >= 4 is 41.1 Å². The number of nitrogens with one attached hydrogen (secondary N) is 2. The quantitative estimate of drug-likeness (QED) is 0.366. The van der Waals surface area contributed by atoms with Gasteiger partial charge in [-0.3, -0.25) is 19.3 Å². The maximum atomic E-state index is 13.9. The van der Waals surface area contributed by atoms with Crippen molar-refractivity contribution in [1.29, 1.82) is 0 Å². The Kier molecular flexibility index (Phi) is 8.95. The van der Waals surface area contributed by atoms with E-state index in [1.54, 1.807) is 18.2 Å². The summed E-state index contributed by atoms with van der Waals surface area (Å²) in [5.41, 5.74) is 1.61. The van der Waals surface area contributed by atoms with E-state index >= 15 is 0 Å². The van der Waals surface area contributed by atoms with Crippen LogP contribution < -0.4 is 10.6 Å². The molecule has 208 valence electrons. The Morgan fingerprint density at radius 2 is 1.82 bits per heavy atom. The molecule has 4 amide bonds. The molecular formula is C28H27ClFN5O5. The van der Waals surface area contributed by atoms with Gasteiger partial charge in [0, 0.05) is 25.0 Å². The number of carbonyl (C=O) groups is 4. The molecule has 0 aliphatic carbocycles. The van der Waals surface area contributed by atoms with Crippen LogP contribution in [0.1, 0.15) is 40.4 Å². The molecule has 1 saturated heterocycles. The molecule has 0 spiro atoms. The van der Waals surface area contributed by atoms with Crippen molar-refractivity contribution < 1.29 is 28.7 Å². The Labute approximate surface area is 234 Å². The molecule has 2 unspecified atom stereocenters. The Hall–Kier alpha value is -4.51. The van der Waals surface area contributed by atoms with E-state index in [9.17, 15) is 28.7 Å². The predicted octanol–water partition coefficient (Wildman–Crippen LogP) is 4.22. The van der Waals surface area contributed by atoms with Gasteiger partial charge in [0.1, 0.15) is 11.0 Å². The topological polar surface area (TPSA) is 132 Å². The second kappa shape index (κ2) is 12.6. The van der Waals surface area contributed by atoms with Gasteiger partial charge in [0.25, 0.3) is 11.8 Å². The van der Waals surface area contributed by atoms with Crippen molar-refractivity contribution in [2.24, 2.45) is 0 Å². The number of benzene rings is 2. The zero-order chi connectivity index (χ0) is 28.8. The van der Waals surface area contributed by atoms with E-state index in [0.29, 0.717) is 12.0 Å². The van der Waals surface area contributed by atoms with Crippen LogP contribution in [0.4, 0.5) is 14.9 Å². The van der Waals surface area contributed by atoms with Gasteiger partial charge in [-0.1, -0.05) is 47.5 Å². The van der Waals surface area contributed by atoms with Crippen molar-refractivity contribution in [2.75, 3.05) is 18.4 Å². The SMILES string of the molecule is Cc1cccc(C(CC(=O)O)NC(=O)C2N(C(=O)Nc3cccc(F)c3)CCCN2C(=O)c2cccnc2Cl)c1. The van der Waals surface area contributed by atoms with Crippen LogP contribution in [0.5, 0.6) is 0 Å². The third-order valence-electron chi connectivity index (χ3n) is 6.35. The van der Waals surface area contributed by atoms with E-state index in [4.69, 9.17) is 11.6 Å². The molecule has 1 aliphatic heterocycles. The van der Waals surface area contributed by atoms with Crippen LogP contribution in [-0.2, 0) is 9.59 Å². The van der Waals surface area contributed by atoms with E-state index in [1.165, 1.54) is 41.4 Å². The Morgan fingerprint density at radius 3 is 2.52 bits per heavy atom. The fourth-order valence-electron chi connectivity index (χ4n) is 4.55. The number of aryl methyl sites for hydroxylation is 1. The third-order valence-corrected chi connectivity index (χ3v) is 6.65. The van der Waals surface area contributed by atoms with Gasteiger partial charge in [-0.2, -0.15) is 0 Å². The van der Waals surface area contributed by atoms with Crippen LogP contribution in [0, 0.1) is 12.7 Å².